The summed E-state index contributed by atoms with van der Waals surface area (Å²) >= 11 is 0. The standard InChI is InChI=1S/C31H42N2O2/c1-7-24(2)33(21-27-14-16-28(17-15-27)31(4,5)6)23-30(34)32(22-29-18-13-25(3)35-29)20-19-26-11-9-8-10-12-26/h8-18,24H,7,19-23H2,1-6H3/t24-/m1/s1. The molecule has 0 fully saturated rings. The van der Waals surface area contributed by atoms with E-state index in [-0.39, 0.29) is 11.3 Å². The molecule has 3 aromatic rings. The SMILES string of the molecule is CC[C@@H](C)N(CC(=O)N(CCc1ccccc1)Cc1ccc(C)o1)Cc1ccc(C(C)(C)C)cc1. The van der Waals surface area contributed by atoms with Gasteiger partial charge in [-0.05, 0) is 60.9 Å². The molecular weight excluding hydrogens is 432 g/mol. The van der Waals surface area contributed by atoms with Gasteiger partial charge in [0.1, 0.15) is 11.5 Å². The van der Waals surface area contributed by atoms with Gasteiger partial charge in [-0.15, -0.1) is 0 Å². The first kappa shape index (κ1) is 26.7. The predicted molar refractivity (Wildman–Crippen MR) is 144 cm³/mol. The zero-order valence-corrected chi connectivity index (χ0v) is 22.4. The van der Waals surface area contributed by atoms with Gasteiger partial charge in [0.15, 0.2) is 0 Å². The third-order valence-corrected chi connectivity index (χ3v) is 6.77. The molecule has 0 aliphatic carbocycles. The van der Waals surface area contributed by atoms with Gasteiger partial charge in [0, 0.05) is 19.1 Å². The number of hydrogen-bond acceptors (Lipinski definition) is 3. The molecule has 0 saturated heterocycles. The Labute approximate surface area is 211 Å². The number of aryl methyl sites for hydroxylation is 1. The summed E-state index contributed by atoms with van der Waals surface area (Å²) < 4.78 is 5.82. The predicted octanol–water partition coefficient (Wildman–Crippen LogP) is 6.76. The maximum Gasteiger partial charge on any atom is 0.237 e. The Bertz CT molecular complexity index is 1050. The number of benzene rings is 2. The number of hydrogen-bond donors (Lipinski definition) is 0. The highest BCUT2D eigenvalue weighted by atomic mass is 16.3. The van der Waals surface area contributed by atoms with Crippen molar-refractivity contribution in [3.63, 3.8) is 0 Å². The summed E-state index contributed by atoms with van der Waals surface area (Å²) in [4.78, 5) is 17.9. The van der Waals surface area contributed by atoms with Crippen molar-refractivity contribution in [2.75, 3.05) is 13.1 Å². The second-order valence-electron chi connectivity index (χ2n) is 10.7. The van der Waals surface area contributed by atoms with E-state index < -0.39 is 0 Å². The zero-order valence-electron chi connectivity index (χ0n) is 22.4. The van der Waals surface area contributed by atoms with Crippen molar-refractivity contribution in [3.05, 3.63) is 94.9 Å². The molecule has 3 rings (SSSR count). The summed E-state index contributed by atoms with van der Waals surface area (Å²) in [5, 5.41) is 0. The molecule has 0 bridgehead atoms. The van der Waals surface area contributed by atoms with Crippen LogP contribution in [-0.4, -0.2) is 34.8 Å². The fourth-order valence-electron chi connectivity index (χ4n) is 4.20. The van der Waals surface area contributed by atoms with Gasteiger partial charge in [-0.2, -0.15) is 0 Å². The first-order chi connectivity index (χ1) is 16.7. The van der Waals surface area contributed by atoms with Crippen LogP contribution < -0.4 is 0 Å². The number of nitrogens with zero attached hydrogens (tertiary/aromatic N) is 2. The number of amides is 1. The summed E-state index contributed by atoms with van der Waals surface area (Å²) in [6.07, 6.45) is 1.82. The quantitative estimate of drug-likeness (QED) is 0.308. The molecule has 4 heteroatoms. The van der Waals surface area contributed by atoms with Crippen molar-refractivity contribution in [2.24, 2.45) is 0 Å². The van der Waals surface area contributed by atoms with Gasteiger partial charge in [0.05, 0.1) is 13.1 Å². The molecule has 0 radical (unpaired) electrons. The Kier molecular flexibility index (Phi) is 9.33. The molecule has 35 heavy (non-hydrogen) atoms. The van der Waals surface area contributed by atoms with Crippen molar-refractivity contribution < 1.29 is 9.21 Å². The number of carbonyl (C=O) groups is 1. The van der Waals surface area contributed by atoms with Crippen molar-refractivity contribution in [1.29, 1.82) is 0 Å². The van der Waals surface area contributed by atoms with Crippen LogP contribution in [0.3, 0.4) is 0 Å². The van der Waals surface area contributed by atoms with Crippen LogP contribution in [0.25, 0.3) is 0 Å². The number of carbonyl (C=O) groups excluding carboxylic acids is 1. The molecule has 1 amide bonds. The molecule has 1 aromatic heterocycles. The van der Waals surface area contributed by atoms with E-state index in [4.69, 9.17) is 4.42 Å². The molecule has 1 atom stereocenters. The minimum absolute atomic E-state index is 0.133. The van der Waals surface area contributed by atoms with Crippen LogP contribution in [0.2, 0.25) is 0 Å². The first-order valence-corrected chi connectivity index (χ1v) is 12.9. The van der Waals surface area contributed by atoms with E-state index in [1.54, 1.807) is 0 Å². The summed E-state index contributed by atoms with van der Waals surface area (Å²) in [5.74, 6) is 1.84. The van der Waals surface area contributed by atoms with Crippen molar-refractivity contribution >= 4 is 5.91 Å². The third-order valence-electron chi connectivity index (χ3n) is 6.77. The second-order valence-corrected chi connectivity index (χ2v) is 10.7. The van der Waals surface area contributed by atoms with Gasteiger partial charge in [-0.3, -0.25) is 9.69 Å². The first-order valence-electron chi connectivity index (χ1n) is 12.9. The van der Waals surface area contributed by atoms with E-state index >= 15 is 0 Å². The van der Waals surface area contributed by atoms with Crippen LogP contribution in [0.1, 0.15) is 69.3 Å². The molecule has 188 valence electrons. The lowest BCUT2D eigenvalue weighted by Crippen LogP contribution is -2.43. The fourth-order valence-corrected chi connectivity index (χ4v) is 4.20. The van der Waals surface area contributed by atoms with Gasteiger partial charge in [-0.25, -0.2) is 0 Å². The molecule has 0 spiro atoms. The Morgan fingerprint density at radius 3 is 2.17 bits per heavy atom. The minimum Gasteiger partial charge on any atom is -0.464 e. The van der Waals surface area contributed by atoms with Gasteiger partial charge in [0.25, 0.3) is 0 Å². The molecule has 1 heterocycles. The van der Waals surface area contributed by atoms with E-state index in [9.17, 15) is 4.79 Å². The maximum absolute atomic E-state index is 13.6. The summed E-state index contributed by atoms with van der Waals surface area (Å²) in [6.45, 7) is 15.3. The average molecular weight is 475 g/mol. The van der Waals surface area contributed by atoms with Gasteiger partial charge < -0.3 is 9.32 Å². The van der Waals surface area contributed by atoms with E-state index in [2.05, 4.69) is 75.9 Å². The highest BCUT2D eigenvalue weighted by molar-refractivity contribution is 5.78. The van der Waals surface area contributed by atoms with Crippen molar-refractivity contribution in [1.82, 2.24) is 9.80 Å². The minimum atomic E-state index is 0.133. The highest BCUT2D eigenvalue weighted by Crippen LogP contribution is 2.23. The lowest BCUT2D eigenvalue weighted by atomic mass is 9.86. The Morgan fingerprint density at radius 2 is 1.60 bits per heavy atom. The van der Waals surface area contributed by atoms with Crippen LogP contribution in [0, 0.1) is 6.92 Å². The van der Waals surface area contributed by atoms with E-state index in [0.717, 1.165) is 30.9 Å². The average Bonchev–Trinajstić information content (AvgIpc) is 3.25. The summed E-state index contributed by atoms with van der Waals surface area (Å²) in [6, 6.07) is 23.5. The van der Waals surface area contributed by atoms with E-state index in [1.807, 2.05) is 42.2 Å². The lowest BCUT2D eigenvalue weighted by Gasteiger charge is -2.31. The Morgan fingerprint density at radius 1 is 0.914 bits per heavy atom. The van der Waals surface area contributed by atoms with E-state index in [0.29, 0.717) is 25.7 Å². The third kappa shape index (κ3) is 8.10. The molecule has 0 N–H and O–H groups in total. The second kappa shape index (κ2) is 12.2. The Hall–Kier alpha value is -2.85. The zero-order chi connectivity index (χ0) is 25.4. The summed E-state index contributed by atoms with van der Waals surface area (Å²) in [5.41, 5.74) is 3.93. The largest absolute Gasteiger partial charge is 0.464 e. The molecule has 2 aromatic carbocycles. The molecule has 0 aliphatic rings. The monoisotopic (exact) mass is 474 g/mol. The smallest absolute Gasteiger partial charge is 0.237 e. The molecular formula is C31H42N2O2. The summed E-state index contributed by atoms with van der Waals surface area (Å²) in [7, 11) is 0. The van der Waals surface area contributed by atoms with Gasteiger partial charge in [0.2, 0.25) is 5.91 Å². The number of furan rings is 1. The molecule has 0 unspecified atom stereocenters. The topological polar surface area (TPSA) is 36.7 Å². The van der Waals surface area contributed by atoms with Gasteiger partial charge >= 0.3 is 0 Å². The van der Waals surface area contributed by atoms with Crippen LogP contribution in [0.5, 0.6) is 0 Å². The normalized spacial score (nSPS) is 12.7. The Balaban J connectivity index is 1.73. The van der Waals surface area contributed by atoms with Crippen LogP contribution in [-0.2, 0) is 29.7 Å². The maximum atomic E-state index is 13.6. The van der Waals surface area contributed by atoms with Crippen LogP contribution in [0.4, 0.5) is 0 Å². The molecule has 4 nitrogen and oxygen atoms in total. The van der Waals surface area contributed by atoms with Gasteiger partial charge in [-0.1, -0.05) is 82.3 Å². The number of rotatable bonds is 11. The molecule has 0 aliphatic heterocycles. The molecule has 0 saturated carbocycles. The highest BCUT2D eigenvalue weighted by Gasteiger charge is 2.22. The fraction of sp³-hybridized carbons (Fsp3) is 0.452. The van der Waals surface area contributed by atoms with Crippen LogP contribution >= 0.6 is 0 Å². The lowest BCUT2D eigenvalue weighted by molar-refractivity contribution is -0.134. The van der Waals surface area contributed by atoms with E-state index in [1.165, 1.54) is 16.7 Å². The van der Waals surface area contributed by atoms with Crippen LogP contribution in [0.15, 0.2) is 71.1 Å². The van der Waals surface area contributed by atoms with Crippen molar-refractivity contribution in [2.45, 2.75) is 78.9 Å². The van der Waals surface area contributed by atoms with Crippen molar-refractivity contribution in [3.8, 4) is 0 Å².